The molecular weight excluding hydrogens is 356 g/mol. The van der Waals surface area contributed by atoms with Crippen molar-refractivity contribution in [3.63, 3.8) is 0 Å². The fraction of sp³-hybridized carbons (Fsp3) is 0.190. The molecule has 0 saturated heterocycles. The van der Waals surface area contributed by atoms with Gasteiger partial charge in [0.05, 0.1) is 5.69 Å². The van der Waals surface area contributed by atoms with Crippen LogP contribution >= 0.6 is 0 Å². The van der Waals surface area contributed by atoms with Crippen molar-refractivity contribution in [2.24, 2.45) is 4.99 Å². The maximum atomic E-state index is 10.9. The number of carboxylic acid groups (broad SMARTS) is 1. The number of oxazole rings is 1. The number of hydrogen-bond acceptors (Lipinski definition) is 6. The van der Waals surface area contributed by atoms with E-state index in [1.165, 1.54) is 5.56 Å². The first-order valence-corrected chi connectivity index (χ1v) is 8.89. The van der Waals surface area contributed by atoms with E-state index in [1.807, 2.05) is 43.3 Å². The van der Waals surface area contributed by atoms with Gasteiger partial charge >= 0.3 is 5.97 Å². The highest BCUT2D eigenvalue weighted by Crippen LogP contribution is 2.30. The van der Waals surface area contributed by atoms with Crippen molar-refractivity contribution in [3.8, 4) is 11.5 Å². The first kappa shape index (κ1) is 17.8. The van der Waals surface area contributed by atoms with Gasteiger partial charge in [0.2, 0.25) is 5.89 Å². The fourth-order valence-corrected chi connectivity index (χ4v) is 3.01. The molecule has 0 amide bonds. The minimum atomic E-state index is -1.10. The van der Waals surface area contributed by atoms with Crippen molar-refractivity contribution in [2.75, 3.05) is 19.4 Å². The molecule has 4 rings (SSSR count). The normalized spacial score (nSPS) is 12.4. The number of aromatic nitrogens is 1. The Morgan fingerprint density at radius 3 is 2.68 bits per heavy atom. The van der Waals surface area contributed by atoms with Crippen molar-refractivity contribution >= 4 is 23.2 Å². The fourth-order valence-electron chi connectivity index (χ4n) is 3.01. The number of fused-ring (bicyclic) bond motifs is 1. The summed E-state index contributed by atoms with van der Waals surface area (Å²) < 4.78 is 5.23. The average molecular weight is 376 g/mol. The summed E-state index contributed by atoms with van der Waals surface area (Å²) in [5, 5.41) is 12.3. The lowest BCUT2D eigenvalue weighted by molar-refractivity contribution is 0.0690. The molecule has 0 bridgehead atoms. The predicted molar refractivity (Wildman–Crippen MR) is 107 cm³/mol. The van der Waals surface area contributed by atoms with Gasteiger partial charge in [0.1, 0.15) is 12.1 Å². The lowest BCUT2D eigenvalue weighted by Crippen LogP contribution is -2.21. The number of anilines is 1. The highest BCUT2D eigenvalue weighted by atomic mass is 16.4. The van der Waals surface area contributed by atoms with Crippen LogP contribution in [0.1, 0.15) is 21.6 Å². The Hall–Kier alpha value is -3.61. The summed E-state index contributed by atoms with van der Waals surface area (Å²) in [6, 6.07) is 13.9. The second-order valence-electron chi connectivity index (χ2n) is 6.84. The minimum absolute atomic E-state index is 0.0996. The summed E-state index contributed by atoms with van der Waals surface area (Å²) in [6.07, 6.45) is 2.01. The van der Waals surface area contributed by atoms with Crippen LogP contribution in [0.4, 0.5) is 11.4 Å². The van der Waals surface area contributed by atoms with E-state index in [0.717, 1.165) is 41.0 Å². The van der Waals surface area contributed by atoms with Crippen molar-refractivity contribution in [1.29, 1.82) is 0 Å². The van der Waals surface area contributed by atoms with Gasteiger partial charge in [-0.15, -0.1) is 0 Å². The molecule has 3 aromatic rings. The van der Waals surface area contributed by atoms with E-state index in [4.69, 9.17) is 9.52 Å². The number of aromatic carboxylic acids is 1. The Balaban J connectivity index is 1.42. The molecule has 0 radical (unpaired) electrons. The van der Waals surface area contributed by atoms with Gasteiger partial charge in [-0.3, -0.25) is 0 Å². The molecule has 1 aliphatic heterocycles. The Morgan fingerprint density at radius 1 is 1.21 bits per heavy atom. The molecule has 0 unspecified atom stereocenters. The highest BCUT2D eigenvalue weighted by molar-refractivity contribution is 5.92. The first-order valence-electron chi connectivity index (χ1n) is 8.89. The van der Waals surface area contributed by atoms with Crippen LogP contribution in [0, 0.1) is 0 Å². The zero-order chi connectivity index (χ0) is 19.7. The maximum Gasteiger partial charge on any atom is 0.357 e. The lowest BCUT2D eigenvalue weighted by atomic mass is 10.1. The molecule has 0 saturated carbocycles. The maximum absolute atomic E-state index is 10.9. The molecule has 142 valence electrons. The highest BCUT2D eigenvalue weighted by Gasteiger charge is 2.16. The van der Waals surface area contributed by atoms with Crippen molar-refractivity contribution in [2.45, 2.75) is 13.0 Å². The smallest absolute Gasteiger partial charge is 0.357 e. The third kappa shape index (κ3) is 3.59. The van der Waals surface area contributed by atoms with Crippen molar-refractivity contribution < 1.29 is 14.3 Å². The van der Waals surface area contributed by atoms with E-state index in [-0.39, 0.29) is 5.69 Å². The Labute approximate surface area is 162 Å². The van der Waals surface area contributed by atoms with Gasteiger partial charge in [0.25, 0.3) is 0 Å². The second-order valence-corrected chi connectivity index (χ2v) is 6.84. The quantitative estimate of drug-likeness (QED) is 0.704. The molecule has 7 nitrogen and oxygen atoms in total. The average Bonchev–Trinajstić information content (AvgIpc) is 3.34. The van der Waals surface area contributed by atoms with Gasteiger partial charge in [0, 0.05) is 38.3 Å². The number of nitrogens with zero attached hydrogens (tertiary/aromatic N) is 3. The number of rotatable bonds is 5. The number of hydrogen-bond donors (Lipinski definition) is 2. The third-order valence-electron chi connectivity index (χ3n) is 4.62. The number of aliphatic imine (C=N–C) groups is 1. The summed E-state index contributed by atoms with van der Waals surface area (Å²) in [5.74, 6) is 0.262. The van der Waals surface area contributed by atoms with E-state index in [9.17, 15) is 4.79 Å². The summed E-state index contributed by atoms with van der Waals surface area (Å²) in [7, 11) is 4.02. The van der Waals surface area contributed by atoms with Gasteiger partial charge in [-0.25, -0.2) is 14.8 Å². The predicted octanol–water partition coefficient (Wildman–Crippen LogP) is 3.80. The molecule has 1 aromatic heterocycles. The van der Waals surface area contributed by atoms with E-state index >= 15 is 0 Å². The summed E-state index contributed by atoms with van der Waals surface area (Å²) in [5.41, 5.74) is 5.00. The minimum Gasteiger partial charge on any atom is -0.476 e. The number of nitrogens with one attached hydrogen (secondary N) is 1. The summed E-state index contributed by atoms with van der Waals surface area (Å²) in [6.45, 7) is 0.662. The molecule has 2 aromatic carbocycles. The third-order valence-corrected chi connectivity index (χ3v) is 4.62. The van der Waals surface area contributed by atoms with Gasteiger partial charge in [0.15, 0.2) is 5.69 Å². The topological polar surface area (TPSA) is 91.0 Å². The van der Waals surface area contributed by atoms with Crippen LogP contribution in [0.15, 0.2) is 58.1 Å². The van der Waals surface area contributed by atoms with Crippen LogP contribution in [0.2, 0.25) is 0 Å². The first-order chi connectivity index (χ1) is 13.5. The number of amidine groups is 1. The van der Waals surface area contributed by atoms with Crippen molar-refractivity contribution in [3.05, 3.63) is 65.5 Å². The van der Waals surface area contributed by atoms with Crippen LogP contribution in [0.3, 0.4) is 0 Å². The summed E-state index contributed by atoms with van der Waals surface area (Å²) in [4.78, 5) is 21.6. The molecule has 2 heterocycles. The van der Waals surface area contributed by atoms with Gasteiger partial charge in [-0.2, -0.15) is 0 Å². The van der Waals surface area contributed by atoms with E-state index in [1.54, 1.807) is 0 Å². The number of likely N-dealkylation sites (N-methyl/N-ethyl adjacent to an activating group) is 1. The zero-order valence-electron chi connectivity index (χ0n) is 15.6. The van der Waals surface area contributed by atoms with Crippen LogP contribution < -0.4 is 5.32 Å². The molecule has 0 spiro atoms. The standard InChI is InChI=1S/C21H20N4O3/c1-25(2)19-9-15-7-8-16(10-17(15)23-19)22-11-13-3-5-14(6-4-13)20-24-18(12-28-20)21(26)27/h3-8,10,12,22H,9,11H2,1-2H3,(H,26,27). The monoisotopic (exact) mass is 376 g/mol. The Morgan fingerprint density at radius 2 is 2.00 bits per heavy atom. The number of carbonyl (C=O) groups is 1. The van der Waals surface area contributed by atoms with E-state index in [0.29, 0.717) is 12.4 Å². The molecule has 1 aliphatic rings. The molecular formula is C21H20N4O3. The van der Waals surface area contributed by atoms with Gasteiger partial charge < -0.3 is 19.7 Å². The molecule has 2 N–H and O–H groups in total. The summed E-state index contributed by atoms with van der Waals surface area (Å²) >= 11 is 0. The molecule has 28 heavy (non-hydrogen) atoms. The molecule has 0 fully saturated rings. The lowest BCUT2D eigenvalue weighted by Gasteiger charge is -2.10. The zero-order valence-corrected chi connectivity index (χ0v) is 15.6. The van der Waals surface area contributed by atoms with Crippen molar-refractivity contribution in [1.82, 2.24) is 9.88 Å². The van der Waals surface area contributed by atoms with Crippen LogP contribution in [0.25, 0.3) is 11.5 Å². The molecule has 0 atom stereocenters. The van der Waals surface area contributed by atoms with Crippen LogP contribution in [-0.2, 0) is 13.0 Å². The Bertz CT molecular complexity index is 1050. The second kappa shape index (κ2) is 7.19. The molecule has 7 heteroatoms. The van der Waals surface area contributed by atoms with Crippen LogP contribution in [0.5, 0.6) is 0 Å². The number of benzene rings is 2. The van der Waals surface area contributed by atoms with Crippen LogP contribution in [-0.4, -0.2) is 40.9 Å². The SMILES string of the molecule is CN(C)C1=Nc2cc(NCc3ccc(-c4nc(C(=O)O)co4)cc3)ccc2C1. The Kier molecular flexibility index (Phi) is 4.57. The van der Waals surface area contributed by atoms with E-state index in [2.05, 4.69) is 33.5 Å². The molecule has 0 aliphatic carbocycles. The van der Waals surface area contributed by atoms with Gasteiger partial charge in [-0.05, 0) is 35.4 Å². The largest absolute Gasteiger partial charge is 0.476 e. The van der Waals surface area contributed by atoms with Gasteiger partial charge in [-0.1, -0.05) is 18.2 Å². The van der Waals surface area contributed by atoms with E-state index < -0.39 is 5.97 Å². The number of carboxylic acids is 1.